The molecule has 2 heterocycles. The summed E-state index contributed by atoms with van der Waals surface area (Å²) in [6.07, 6.45) is 5.47. The van der Waals surface area contributed by atoms with Crippen LogP contribution in [0.2, 0.25) is 0 Å². The van der Waals surface area contributed by atoms with Crippen molar-refractivity contribution in [2.24, 2.45) is 4.99 Å². The number of fused-ring (bicyclic) bond motifs is 1. The zero-order valence-corrected chi connectivity index (χ0v) is 22.6. The molecule has 1 N–H and O–H groups in total. The van der Waals surface area contributed by atoms with Crippen LogP contribution in [-0.4, -0.2) is 27.0 Å². The van der Waals surface area contributed by atoms with E-state index in [0.717, 1.165) is 47.5 Å². The Morgan fingerprint density at radius 1 is 1.08 bits per heavy atom. The molecule has 4 aromatic rings. The van der Waals surface area contributed by atoms with E-state index >= 15 is 0 Å². The molecule has 1 aliphatic carbocycles. The number of carbonyl (C=O) groups excluding carboxylic acids is 1. The van der Waals surface area contributed by atoms with Gasteiger partial charge in [-0.15, -0.1) is 11.3 Å². The minimum Gasteiger partial charge on any atom is -0.322 e. The van der Waals surface area contributed by atoms with Crippen LogP contribution in [0.15, 0.2) is 69.6 Å². The van der Waals surface area contributed by atoms with E-state index in [4.69, 9.17) is 4.99 Å². The minimum atomic E-state index is -0.429. The van der Waals surface area contributed by atoms with Crippen molar-refractivity contribution < 1.29 is 9.72 Å². The van der Waals surface area contributed by atoms with E-state index in [0.29, 0.717) is 27.0 Å². The standard InChI is InChI=1S/C28H25N5O3S2/c1-17-14-18(2)31-28(30-17)38-23-13-12-21(33(35)36)15-19(23)16-29-27-25(22-10-6-7-11-24(22)37-27)26(34)32-20-8-4-3-5-9-20/h3-5,8-9,12-16H,6-7,10-11H2,1-2H3,(H,32,34). The summed E-state index contributed by atoms with van der Waals surface area (Å²) in [6.45, 7) is 3.80. The van der Waals surface area contributed by atoms with Crippen molar-refractivity contribution in [3.05, 3.63) is 97.7 Å². The van der Waals surface area contributed by atoms with Gasteiger partial charge in [-0.25, -0.2) is 15.0 Å². The number of aliphatic imine (C=N–C) groups is 1. The van der Waals surface area contributed by atoms with Crippen LogP contribution < -0.4 is 5.32 Å². The maximum atomic E-state index is 13.4. The maximum absolute atomic E-state index is 13.4. The summed E-state index contributed by atoms with van der Waals surface area (Å²) in [7, 11) is 0. The summed E-state index contributed by atoms with van der Waals surface area (Å²) in [5, 5.41) is 15.7. The number of nitrogens with zero attached hydrogens (tertiary/aromatic N) is 4. The Morgan fingerprint density at radius 3 is 2.55 bits per heavy atom. The molecule has 0 atom stereocenters. The van der Waals surface area contributed by atoms with Gasteiger partial charge in [0.15, 0.2) is 5.16 Å². The molecule has 1 amide bonds. The average Bonchev–Trinajstić information content (AvgIpc) is 3.26. The molecule has 0 aliphatic heterocycles. The normalized spacial score (nSPS) is 12.9. The number of para-hydroxylation sites is 1. The number of aromatic nitrogens is 2. The molecule has 5 rings (SSSR count). The molecule has 0 bridgehead atoms. The molecule has 0 radical (unpaired) electrons. The highest BCUT2D eigenvalue weighted by Crippen LogP contribution is 2.40. The van der Waals surface area contributed by atoms with Crippen molar-refractivity contribution in [1.82, 2.24) is 9.97 Å². The molecule has 0 unspecified atom stereocenters. The van der Waals surface area contributed by atoms with E-state index in [2.05, 4.69) is 15.3 Å². The third kappa shape index (κ3) is 5.81. The zero-order chi connectivity index (χ0) is 26.6. The predicted molar refractivity (Wildman–Crippen MR) is 151 cm³/mol. The molecule has 10 heteroatoms. The van der Waals surface area contributed by atoms with Crippen LogP contribution in [0.3, 0.4) is 0 Å². The van der Waals surface area contributed by atoms with Crippen molar-refractivity contribution in [1.29, 1.82) is 0 Å². The van der Waals surface area contributed by atoms with Gasteiger partial charge in [-0.3, -0.25) is 14.9 Å². The number of nitro groups is 1. The molecule has 0 saturated heterocycles. The molecule has 0 fully saturated rings. The lowest BCUT2D eigenvalue weighted by Gasteiger charge is -2.12. The van der Waals surface area contributed by atoms with Gasteiger partial charge in [0.1, 0.15) is 5.00 Å². The van der Waals surface area contributed by atoms with Crippen LogP contribution in [0.5, 0.6) is 0 Å². The summed E-state index contributed by atoms with van der Waals surface area (Å²) in [6, 6.07) is 15.9. The molecule has 2 aromatic heterocycles. The first-order valence-electron chi connectivity index (χ1n) is 12.2. The lowest BCUT2D eigenvalue weighted by Crippen LogP contribution is -2.14. The number of nitro benzene ring substituents is 1. The molecule has 0 spiro atoms. The van der Waals surface area contributed by atoms with E-state index in [1.165, 1.54) is 40.1 Å². The van der Waals surface area contributed by atoms with Gasteiger partial charge >= 0.3 is 0 Å². The Bertz CT molecular complexity index is 1530. The zero-order valence-electron chi connectivity index (χ0n) is 20.9. The molecule has 2 aromatic carbocycles. The van der Waals surface area contributed by atoms with E-state index < -0.39 is 4.92 Å². The third-order valence-corrected chi connectivity index (χ3v) is 8.26. The topological polar surface area (TPSA) is 110 Å². The van der Waals surface area contributed by atoms with Gasteiger partial charge in [-0.1, -0.05) is 18.2 Å². The van der Waals surface area contributed by atoms with Crippen LogP contribution >= 0.6 is 23.1 Å². The number of non-ortho nitro benzene ring substituents is 1. The number of hydrogen-bond donors (Lipinski definition) is 1. The Balaban J connectivity index is 1.53. The van der Waals surface area contributed by atoms with Crippen LogP contribution in [0.1, 0.15) is 50.6 Å². The smallest absolute Gasteiger partial charge is 0.270 e. The van der Waals surface area contributed by atoms with Crippen molar-refractivity contribution >= 4 is 51.6 Å². The van der Waals surface area contributed by atoms with Crippen LogP contribution in [-0.2, 0) is 12.8 Å². The number of carbonyl (C=O) groups is 1. The molecule has 0 saturated carbocycles. The van der Waals surface area contributed by atoms with Crippen molar-refractivity contribution in [2.75, 3.05) is 5.32 Å². The second-order valence-electron chi connectivity index (χ2n) is 8.98. The van der Waals surface area contributed by atoms with E-state index in [1.54, 1.807) is 12.3 Å². The first kappa shape index (κ1) is 25.7. The number of thiophene rings is 1. The first-order chi connectivity index (χ1) is 18.4. The Labute approximate surface area is 228 Å². The lowest BCUT2D eigenvalue weighted by molar-refractivity contribution is -0.384. The Hall–Kier alpha value is -3.89. The lowest BCUT2D eigenvalue weighted by atomic mass is 9.95. The predicted octanol–water partition coefficient (Wildman–Crippen LogP) is 7.10. The van der Waals surface area contributed by atoms with Gasteiger partial charge in [-0.2, -0.15) is 0 Å². The Kier molecular flexibility index (Phi) is 7.62. The van der Waals surface area contributed by atoms with E-state index in [-0.39, 0.29) is 11.6 Å². The number of hydrogen-bond acceptors (Lipinski definition) is 8. The summed E-state index contributed by atoms with van der Waals surface area (Å²) in [4.78, 5) is 40.1. The van der Waals surface area contributed by atoms with Gasteiger partial charge in [0.2, 0.25) is 0 Å². The molecule has 1 aliphatic rings. The summed E-state index contributed by atoms with van der Waals surface area (Å²) in [5.74, 6) is -0.194. The number of rotatable bonds is 7. The highest BCUT2D eigenvalue weighted by molar-refractivity contribution is 7.99. The largest absolute Gasteiger partial charge is 0.322 e. The van der Waals surface area contributed by atoms with E-state index in [9.17, 15) is 14.9 Å². The second-order valence-corrected chi connectivity index (χ2v) is 11.1. The number of benzene rings is 2. The van der Waals surface area contributed by atoms with Crippen LogP contribution in [0, 0.1) is 24.0 Å². The Morgan fingerprint density at radius 2 is 1.82 bits per heavy atom. The number of nitrogens with one attached hydrogen (secondary N) is 1. The highest BCUT2D eigenvalue weighted by Gasteiger charge is 2.25. The van der Waals surface area contributed by atoms with Gasteiger partial charge < -0.3 is 5.32 Å². The SMILES string of the molecule is Cc1cc(C)nc(Sc2ccc([N+](=O)[O-])cc2C=Nc2sc3c(c2C(=O)Nc2ccccc2)CCCC3)n1. The molecular weight excluding hydrogens is 518 g/mol. The quantitative estimate of drug-likeness (QED) is 0.115. The fourth-order valence-electron chi connectivity index (χ4n) is 4.40. The summed E-state index contributed by atoms with van der Waals surface area (Å²) >= 11 is 2.85. The van der Waals surface area contributed by atoms with Crippen LogP contribution in [0.25, 0.3) is 0 Å². The third-order valence-electron chi connectivity index (χ3n) is 6.10. The van der Waals surface area contributed by atoms with Crippen molar-refractivity contribution in [3.8, 4) is 0 Å². The van der Waals surface area contributed by atoms with Crippen LogP contribution in [0.4, 0.5) is 16.4 Å². The molecular formula is C28H25N5O3S2. The summed E-state index contributed by atoms with van der Waals surface area (Å²) < 4.78 is 0. The van der Waals surface area contributed by atoms with Crippen molar-refractivity contribution in [3.63, 3.8) is 0 Å². The van der Waals surface area contributed by atoms with Gasteiger partial charge in [0, 0.05) is 50.8 Å². The fraction of sp³-hybridized carbons (Fsp3) is 0.214. The van der Waals surface area contributed by atoms with Gasteiger partial charge in [0.25, 0.3) is 11.6 Å². The number of aryl methyl sites for hydroxylation is 3. The molecule has 38 heavy (non-hydrogen) atoms. The highest BCUT2D eigenvalue weighted by atomic mass is 32.2. The van der Waals surface area contributed by atoms with Gasteiger partial charge in [0.05, 0.1) is 10.5 Å². The number of anilines is 1. The van der Waals surface area contributed by atoms with Crippen molar-refractivity contribution in [2.45, 2.75) is 49.6 Å². The average molecular weight is 544 g/mol. The second kappa shape index (κ2) is 11.2. The summed E-state index contributed by atoms with van der Waals surface area (Å²) in [5.41, 5.74) is 4.57. The van der Waals surface area contributed by atoms with Gasteiger partial charge in [-0.05, 0) is 81.1 Å². The monoisotopic (exact) mass is 543 g/mol. The fourth-order valence-corrected chi connectivity index (χ4v) is 6.57. The molecule has 192 valence electrons. The first-order valence-corrected chi connectivity index (χ1v) is 13.8. The number of amides is 1. The maximum Gasteiger partial charge on any atom is 0.270 e. The minimum absolute atomic E-state index is 0.0374. The van der Waals surface area contributed by atoms with E-state index in [1.807, 2.05) is 50.2 Å². The molecule has 8 nitrogen and oxygen atoms in total.